The van der Waals surface area contributed by atoms with E-state index in [-0.39, 0.29) is 11.8 Å². The van der Waals surface area contributed by atoms with Crippen LogP contribution in [0.3, 0.4) is 0 Å². The summed E-state index contributed by atoms with van der Waals surface area (Å²) in [7, 11) is 1.52. The van der Waals surface area contributed by atoms with Crippen molar-refractivity contribution in [1.82, 2.24) is 9.80 Å². The number of rotatable bonds is 5. The van der Waals surface area contributed by atoms with Gasteiger partial charge in [0, 0.05) is 18.7 Å². The minimum Gasteiger partial charge on any atom is -0.497 e. The number of carboxylic acid groups (broad SMARTS) is 1. The molecule has 1 N–H and O–H groups in total. The van der Waals surface area contributed by atoms with Crippen molar-refractivity contribution in [3.8, 4) is 5.75 Å². The SMILES string of the molecule is COc1cccc(C2=CN(C(C)=O)[C@@H](C(C)C)C(=O)N2CC(=O)O)c1. The molecule has 2 rings (SSSR count). The van der Waals surface area contributed by atoms with E-state index < -0.39 is 24.5 Å². The second kappa shape index (κ2) is 7.38. The largest absolute Gasteiger partial charge is 0.497 e. The van der Waals surface area contributed by atoms with Gasteiger partial charge in [0.05, 0.1) is 12.8 Å². The molecule has 1 atom stereocenters. The number of carboxylic acids is 1. The lowest BCUT2D eigenvalue weighted by Gasteiger charge is -2.40. The minimum atomic E-state index is -1.12. The molecule has 7 heteroatoms. The second-order valence-electron chi connectivity index (χ2n) is 6.18. The molecule has 0 saturated heterocycles. The summed E-state index contributed by atoms with van der Waals surface area (Å²) in [4.78, 5) is 38.9. The normalized spacial score (nSPS) is 17.6. The number of benzene rings is 1. The van der Waals surface area contributed by atoms with Crippen molar-refractivity contribution in [2.75, 3.05) is 13.7 Å². The number of carbonyl (C=O) groups is 3. The number of aliphatic carboxylic acids is 1. The average Bonchev–Trinajstić information content (AvgIpc) is 2.55. The lowest BCUT2D eigenvalue weighted by atomic mass is 9.97. The van der Waals surface area contributed by atoms with Gasteiger partial charge in [0.15, 0.2) is 0 Å². The van der Waals surface area contributed by atoms with Gasteiger partial charge in [-0.1, -0.05) is 26.0 Å². The summed E-state index contributed by atoms with van der Waals surface area (Å²) in [5, 5.41) is 9.22. The van der Waals surface area contributed by atoms with Gasteiger partial charge in [0.2, 0.25) is 5.91 Å². The maximum Gasteiger partial charge on any atom is 0.323 e. The molecule has 1 aromatic carbocycles. The highest BCUT2D eigenvalue weighted by molar-refractivity contribution is 5.98. The van der Waals surface area contributed by atoms with Gasteiger partial charge in [-0.15, -0.1) is 0 Å². The molecule has 1 aliphatic heterocycles. The first-order chi connectivity index (χ1) is 11.8. The third kappa shape index (κ3) is 3.81. The van der Waals surface area contributed by atoms with Gasteiger partial charge in [-0.25, -0.2) is 0 Å². The van der Waals surface area contributed by atoms with Crippen LogP contribution >= 0.6 is 0 Å². The van der Waals surface area contributed by atoms with Crippen LogP contribution in [0.15, 0.2) is 30.5 Å². The quantitative estimate of drug-likeness (QED) is 0.878. The van der Waals surface area contributed by atoms with Crippen LogP contribution < -0.4 is 4.74 Å². The Labute approximate surface area is 146 Å². The van der Waals surface area contributed by atoms with Crippen molar-refractivity contribution in [2.45, 2.75) is 26.8 Å². The molecule has 2 amide bonds. The van der Waals surface area contributed by atoms with Crippen LogP contribution in [0.1, 0.15) is 26.3 Å². The molecule has 0 bridgehead atoms. The molecule has 0 aliphatic carbocycles. The average molecular weight is 346 g/mol. The summed E-state index contributed by atoms with van der Waals surface area (Å²) in [6.45, 7) is 4.55. The maximum absolute atomic E-state index is 13.0. The molecule has 25 heavy (non-hydrogen) atoms. The van der Waals surface area contributed by atoms with E-state index in [1.165, 1.54) is 23.8 Å². The predicted molar refractivity (Wildman–Crippen MR) is 91.5 cm³/mol. The fraction of sp³-hybridized carbons (Fsp3) is 0.389. The Morgan fingerprint density at radius 2 is 2.00 bits per heavy atom. The number of hydrogen-bond donors (Lipinski definition) is 1. The second-order valence-corrected chi connectivity index (χ2v) is 6.18. The van der Waals surface area contributed by atoms with E-state index >= 15 is 0 Å². The standard InChI is InChI=1S/C18H22N2O5/c1-11(2)17-18(24)20(10-16(22)23)15(9-19(17)12(3)21)13-6-5-7-14(8-13)25-4/h5-9,11,17H,10H2,1-4H3,(H,22,23)/t17-/m0/s1. The molecule has 134 valence electrons. The molecule has 0 saturated carbocycles. The fourth-order valence-corrected chi connectivity index (χ4v) is 2.88. The predicted octanol–water partition coefficient (Wildman–Crippen LogP) is 1.79. The Morgan fingerprint density at radius 1 is 1.32 bits per heavy atom. The molecular formula is C18H22N2O5. The van der Waals surface area contributed by atoms with Crippen LogP contribution in [-0.4, -0.2) is 52.4 Å². The first kappa shape index (κ1) is 18.5. The summed E-state index contributed by atoms with van der Waals surface area (Å²) in [6.07, 6.45) is 1.55. The third-order valence-corrected chi connectivity index (χ3v) is 4.02. The van der Waals surface area contributed by atoms with E-state index in [0.29, 0.717) is 17.0 Å². The lowest BCUT2D eigenvalue weighted by molar-refractivity contribution is -0.148. The maximum atomic E-state index is 13.0. The van der Waals surface area contributed by atoms with Crippen LogP contribution in [0.2, 0.25) is 0 Å². The van der Waals surface area contributed by atoms with E-state index in [1.54, 1.807) is 30.5 Å². The molecule has 0 fully saturated rings. The van der Waals surface area contributed by atoms with E-state index in [0.717, 1.165) is 0 Å². The molecule has 0 radical (unpaired) electrons. The van der Waals surface area contributed by atoms with Crippen LogP contribution in [0.25, 0.3) is 5.70 Å². The summed E-state index contributed by atoms with van der Waals surface area (Å²) in [5.74, 6) is -1.39. The number of hydrogen-bond acceptors (Lipinski definition) is 4. The zero-order valence-corrected chi connectivity index (χ0v) is 14.7. The Hall–Kier alpha value is -2.83. The van der Waals surface area contributed by atoms with Crippen molar-refractivity contribution in [2.24, 2.45) is 5.92 Å². The van der Waals surface area contributed by atoms with E-state index in [4.69, 9.17) is 4.74 Å². The fourth-order valence-electron chi connectivity index (χ4n) is 2.88. The van der Waals surface area contributed by atoms with Gasteiger partial charge in [-0.3, -0.25) is 19.3 Å². The third-order valence-electron chi connectivity index (χ3n) is 4.02. The van der Waals surface area contributed by atoms with Gasteiger partial charge in [-0.05, 0) is 18.1 Å². The highest BCUT2D eigenvalue weighted by Gasteiger charge is 2.40. The highest BCUT2D eigenvalue weighted by Crippen LogP contribution is 2.31. The number of ether oxygens (including phenoxy) is 1. The van der Waals surface area contributed by atoms with Gasteiger partial charge < -0.3 is 14.7 Å². The van der Waals surface area contributed by atoms with Crippen LogP contribution in [0.4, 0.5) is 0 Å². The Kier molecular flexibility index (Phi) is 5.46. The zero-order valence-electron chi connectivity index (χ0n) is 14.7. The first-order valence-corrected chi connectivity index (χ1v) is 7.94. The van der Waals surface area contributed by atoms with Gasteiger partial charge in [0.25, 0.3) is 5.91 Å². The van der Waals surface area contributed by atoms with E-state index in [2.05, 4.69) is 0 Å². The molecule has 1 heterocycles. The Morgan fingerprint density at radius 3 is 2.52 bits per heavy atom. The summed E-state index contributed by atoms with van der Waals surface area (Å²) < 4.78 is 5.19. The number of amides is 2. The molecule has 7 nitrogen and oxygen atoms in total. The molecule has 0 aromatic heterocycles. The first-order valence-electron chi connectivity index (χ1n) is 7.94. The van der Waals surface area contributed by atoms with Crippen molar-refractivity contribution < 1.29 is 24.2 Å². The van der Waals surface area contributed by atoms with Crippen molar-refractivity contribution in [3.05, 3.63) is 36.0 Å². The summed E-state index contributed by atoms with van der Waals surface area (Å²) >= 11 is 0. The Bertz CT molecular complexity index is 726. The summed E-state index contributed by atoms with van der Waals surface area (Å²) in [6, 6.07) is 6.19. The molecule has 1 aromatic rings. The van der Waals surface area contributed by atoms with Crippen LogP contribution in [0, 0.1) is 5.92 Å². The Balaban J connectivity index is 2.61. The molecular weight excluding hydrogens is 324 g/mol. The van der Waals surface area contributed by atoms with Gasteiger partial charge in [0.1, 0.15) is 18.3 Å². The summed E-state index contributed by atoms with van der Waals surface area (Å²) in [5.41, 5.74) is 0.959. The topological polar surface area (TPSA) is 87.2 Å². The monoisotopic (exact) mass is 346 g/mol. The number of carbonyl (C=O) groups excluding carboxylic acids is 2. The lowest BCUT2D eigenvalue weighted by Crippen LogP contribution is -2.55. The molecule has 1 aliphatic rings. The van der Waals surface area contributed by atoms with Crippen molar-refractivity contribution in [3.63, 3.8) is 0 Å². The van der Waals surface area contributed by atoms with Gasteiger partial charge >= 0.3 is 5.97 Å². The van der Waals surface area contributed by atoms with Crippen LogP contribution in [0.5, 0.6) is 5.75 Å². The molecule has 0 unspecified atom stereocenters. The smallest absolute Gasteiger partial charge is 0.323 e. The zero-order chi connectivity index (χ0) is 18.7. The number of methoxy groups -OCH3 is 1. The van der Waals surface area contributed by atoms with Gasteiger partial charge in [-0.2, -0.15) is 0 Å². The van der Waals surface area contributed by atoms with E-state index in [1.807, 2.05) is 13.8 Å². The van der Waals surface area contributed by atoms with Crippen molar-refractivity contribution in [1.29, 1.82) is 0 Å². The van der Waals surface area contributed by atoms with E-state index in [9.17, 15) is 19.5 Å². The highest BCUT2D eigenvalue weighted by atomic mass is 16.5. The van der Waals surface area contributed by atoms with Crippen LogP contribution in [-0.2, 0) is 14.4 Å². The number of nitrogens with zero attached hydrogens (tertiary/aromatic N) is 2. The molecule has 0 spiro atoms. The minimum absolute atomic E-state index is 0.157. The van der Waals surface area contributed by atoms with Crippen molar-refractivity contribution >= 4 is 23.5 Å².